The summed E-state index contributed by atoms with van der Waals surface area (Å²) in [5, 5.41) is 6.82. The van der Waals surface area contributed by atoms with E-state index >= 15 is 0 Å². The normalized spacial score (nSPS) is 14.8. The zero-order valence-electron chi connectivity index (χ0n) is 14.5. The summed E-state index contributed by atoms with van der Waals surface area (Å²) in [6.45, 7) is 1.94. The second kappa shape index (κ2) is 6.63. The molecule has 6 heteroatoms. The fourth-order valence-electron chi connectivity index (χ4n) is 2.87. The lowest BCUT2D eigenvalue weighted by Gasteiger charge is -2.15. The van der Waals surface area contributed by atoms with E-state index in [-0.39, 0.29) is 23.4 Å². The van der Waals surface area contributed by atoms with Gasteiger partial charge in [-0.05, 0) is 56.2 Å². The maximum Gasteiger partial charge on any atom is 0.258 e. The van der Waals surface area contributed by atoms with Crippen LogP contribution in [0.4, 0.5) is 11.4 Å². The van der Waals surface area contributed by atoms with Crippen LogP contribution in [0.2, 0.25) is 0 Å². The van der Waals surface area contributed by atoms with Crippen molar-refractivity contribution in [3.8, 4) is 0 Å². The summed E-state index contributed by atoms with van der Waals surface area (Å²) in [5.74, 6) is 0.862. The maximum absolute atomic E-state index is 12.2. The average Bonchev–Trinajstić information content (AvgIpc) is 3.48. The van der Waals surface area contributed by atoms with Gasteiger partial charge in [-0.25, -0.2) is 4.98 Å². The zero-order valence-corrected chi connectivity index (χ0v) is 14.5. The quantitative estimate of drug-likeness (QED) is 0.659. The molecule has 0 saturated heterocycles. The number of nitrogens with zero attached hydrogens (tertiary/aromatic N) is 1. The highest BCUT2D eigenvalue weighted by molar-refractivity contribution is 5.94. The molecule has 1 amide bonds. The fourth-order valence-corrected chi connectivity index (χ4v) is 2.87. The highest BCUT2D eigenvalue weighted by Crippen LogP contribution is 2.30. The SMILES string of the molecule is C[C@H](Nc1ccc(NC(=O)C2CC2)cc1)c1nc2ccccc2c(=O)[nH]1. The molecule has 3 N–H and O–H groups in total. The molecule has 1 heterocycles. The Morgan fingerprint density at radius 3 is 2.54 bits per heavy atom. The molecule has 1 aliphatic carbocycles. The lowest BCUT2D eigenvalue weighted by Crippen LogP contribution is -2.17. The molecule has 0 spiro atoms. The Bertz CT molecular complexity index is 1010. The number of para-hydroxylation sites is 1. The van der Waals surface area contributed by atoms with Crippen LogP contribution in [0.5, 0.6) is 0 Å². The zero-order chi connectivity index (χ0) is 18.1. The van der Waals surface area contributed by atoms with Gasteiger partial charge in [-0.3, -0.25) is 9.59 Å². The van der Waals surface area contributed by atoms with Gasteiger partial charge >= 0.3 is 0 Å². The van der Waals surface area contributed by atoms with Crippen LogP contribution >= 0.6 is 0 Å². The Labute approximate surface area is 150 Å². The summed E-state index contributed by atoms with van der Waals surface area (Å²) in [4.78, 5) is 31.4. The van der Waals surface area contributed by atoms with Crippen LogP contribution in [0.1, 0.15) is 31.6 Å². The van der Waals surface area contributed by atoms with Crippen LogP contribution in [-0.2, 0) is 4.79 Å². The molecule has 1 saturated carbocycles. The van der Waals surface area contributed by atoms with E-state index in [0.29, 0.717) is 16.7 Å². The van der Waals surface area contributed by atoms with Gasteiger partial charge in [-0.15, -0.1) is 0 Å². The van der Waals surface area contributed by atoms with Crippen molar-refractivity contribution in [3.05, 3.63) is 64.7 Å². The first-order chi connectivity index (χ1) is 12.6. The molecule has 1 atom stereocenters. The Morgan fingerprint density at radius 1 is 1.12 bits per heavy atom. The number of anilines is 2. The van der Waals surface area contributed by atoms with Gasteiger partial charge in [0.1, 0.15) is 5.82 Å². The molecule has 3 aromatic rings. The molecule has 132 valence electrons. The molecule has 1 aromatic heterocycles. The standard InChI is InChI=1S/C20H20N4O2/c1-12(18-23-17-5-3-2-4-16(17)20(26)24-18)21-14-8-10-15(11-9-14)22-19(25)13-6-7-13/h2-5,8-13,21H,6-7H2,1H3,(H,22,25)(H,23,24,26)/t12-/m0/s1. The Kier molecular flexibility index (Phi) is 4.16. The van der Waals surface area contributed by atoms with E-state index in [1.165, 1.54) is 0 Å². The molecule has 26 heavy (non-hydrogen) atoms. The number of aromatic nitrogens is 2. The third-order valence-corrected chi connectivity index (χ3v) is 4.53. The van der Waals surface area contributed by atoms with Crippen molar-refractivity contribution >= 4 is 28.2 Å². The van der Waals surface area contributed by atoms with E-state index in [1.54, 1.807) is 6.07 Å². The third-order valence-electron chi connectivity index (χ3n) is 4.53. The van der Waals surface area contributed by atoms with Gasteiger partial charge in [-0.2, -0.15) is 0 Å². The molecule has 0 bridgehead atoms. The summed E-state index contributed by atoms with van der Waals surface area (Å²) in [7, 11) is 0. The number of amides is 1. The van der Waals surface area contributed by atoms with Gasteiger partial charge < -0.3 is 15.6 Å². The molecule has 6 nitrogen and oxygen atoms in total. The number of fused-ring (bicyclic) bond motifs is 1. The van der Waals surface area contributed by atoms with Gasteiger partial charge in [0.2, 0.25) is 5.91 Å². The van der Waals surface area contributed by atoms with Crippen LogP contribution in [0.15, 0.2) is 53.3 Å². The van der Waals surface area contributed by atoms with Crippen LogP contribution in [-0.4, -0.2) is 15.9 Å². The lowest BCUT2D eigenvalue weighted by molar-refractivity contribution is -0.117. The average molecular weight is 348 g/mol. The number of hydrogen-bond donors (Lipinski definition) is 3. The molecule has 1 fully saturated rings. The highest BCUT2D eigenvalue weighted by Gasteiger charge is 2.29. The number of hydrogen-bond acceptors (Lipinski definition) is 4. The van der Waals surface area contributed by atoms with Crippen molar-refractivity contribution in [2.75, 3.05) is 10.6 Å². The third kappa shape index (κ3) is 3.44. The number of aromatic amines is 1. The predicted molar refractivity (Wildman–Crippen MR) is 102 cm³/mol. The molecule has 0 aliphatic heterocycles. The van der Waals surface area contributed by atoms with E-state index in [9.17, 15) is 9.59 Å². The monoisotopic (exact) mass is 348 g/mol. The van der Waals surface area contributed by atoms with Crippen molar-refractivity contribution in [3.63, 3.8) is 0 Å². The van der Waals surface area contributed by atoms with E-state index in [4.69, 9.17) is 0 Å². The lowest BCUT2D eigenvalue weighted by atomic mass is 10.2. The molecular weight excluding hydrogens is 328 g/mol. The number of rotatable bonds is 5. The molecular formula is C20H20N4O2. The molecule has 1 aliphatic rings. The largest absolute Gasteiger partial charge is 0.375 e. The number of carbonyl (C=O) groups is 1. The minimum absolute atomic E-state index is 0.0945. The van der Waals surface area contributed by atoms with Gasteiger partial charge in [0.15, 0.2) is 0 Å². The molecule has 4 rings (SSSR count). The van der Waals surface area contributed by atoms with E-state index in [2.05, 4.69) is 20.6 Å². The summed E-state index contributed by atoms with van der Waals surface area (Å²) >= 11 is 0. The van der Waals surface area contributed by atoms with Gasteiger partial charge in [-0.1, -0.05) is 12.1 Å². The van der Waals surface area contributed by atoms with Crippen LogP contribution in [0.25, 0.3) is 10.9 Å². The number of H-pyrrole nitrogens is 1. The van der Waals surface area contributed by atoms with E-state index in [1.807, 2.05) is 49.4 Å². The predicted octanol–water partition coefficient (Wildman–Crippen LogP) is 3.44. The summed E-state index contributed by atoms with van der Waals surface area (Å²) in [6, 6.07) is 14.7. The van der Waals surface area contributed by atoms with Crippen molar-refractivity contribution in [2.45, 2.75) is 25.8 Å². The second-order valence-corrected chi connectivity index (χ2v) is 6.68. The second-order valence-electron chi connectivity index (χ2n) is 6.68. The van der Waals surface area contributed by atoms with Gasteiger partial charge in [0.05, 0.1) is 16.9 Å². The first-order valence-corrected chi connectivity index (χ1v) is 8.76. The summed E-state index contributed by atoms with van der Waals surface area (Å²) in [6.07, 6.45) is 1.97. The minimum Gasteiger partial charge on any atom is -0.375 e. The van der Waals surface area contributed by atoms with Crippen LogP contribution < -0.4 is 16.2 Å². The van der Waals surface area contributed by atoms with Gasteiger partial charge in [0, 0.05) is 17.3 Å². The maximum atomic E-state index is 12.2. The number of benzene rings is 2. The van der Waals surface area contributed by atoms with E-state index < -0.39 is 0 Å². The van der Waals surface area contributed by atoms with Gasteiger partial charge in [0.25, 0.3) is 5.56 Å². The van der Waals surface area contributed by atoms with Crippen molar-refractivity contribution < 1.29 is 4.79 Å². The molecule has 2 aromatic carbocycles. The highest BCUT2D eigenvalue weighted by atomic mass is 16.2. The Balaban J connectivity index is 1.48. The van der Waals surface area contributed by atoms with E-state index in [0.717, 1.165) is 24.2 Å². The molecule has 0 unspecified atom stereocenters. The Morgan fingerprint density at radius 2 is 1.81 bits per heavy atom. The number of carbonyl (C=O) groups excluding carboxylic acids is 1. The van der Waals surface area contributed by atoms with Crippen LogP contribution in [0, 0.1) is 5.92 Å². The summed E-state index contributed by atoms with van der Waals surface area (Å²) in [5.41, 5.74) is 2.21. The summed E-state index contributed by atoms with van der Waals surface area (Å²) < 4.78 is 0. The smallest absolute Gasteiger partial charge is 0.258 e. The Hall–Kier alpha value is -3.15. The topological polar surface area (TPSA) is 86.9 Å². The van der Waals surface area contributed by atoms with Crippen molar-refractivity contribution in [1.29, 1.82) is 0 Å². The molecule has 0 radical (unpaired) electrons. The minimum atomic E-state index is -0.167. The first-order valence-electron chi connectivity index (χ1n) is 8.76. The van der Waals surface area contributed by atoms with Crippen molar-refractivity contribution in [1.82, 2.24) is 9.97 Å². The fraction of sp³-hybridized carbons (Fsp3) is 0.250. The number of nitrogens with one attached hydrogen (secondary N) is 3. The first kappa shape index (κ1) is 16.3. The van der Waals surface area contributed by atoms with Crippen molar-refractivity contribution in [2.24, 2.45) is 5.92 Å². The van der Waals surface area contributed by atoms with Crippen LogP contribution in [0.3, 0.4) is 0 Å².